The van der Waals surface area contributed by atoms with Crippen molar-refractivity contribution in [3.05, 3.63) is 47.8 Å². The average Bonchev–Trinajstić information content (AvgIpc) is 2.64. The quantitative estimate of drug-likeness (QED) is 0.572. The van der Waals surface area contributed by atoms with Gasteiger partial charge in [-0.15, -0.1) is 0 Å². The highest BCUT2D eigenvalue weighted by Crippen LogP contribution is 2.17. The van der Waals surface area contributed by atoms with Crippen LogP contribution in [-0.4, -0.2) is 51.9 Å². The molecule has 0 aliphatic carbocycles. The number of pyridine rings is 2. The number of carbonyl (C=O) groups excluding carboxylic acids is 2. The number of ether oxygens (including phenoxy) is 2. The van der Waals surface area contributed by atoms with Crippen molar-refractivity contribution in [1.82, 2.24) is 15.3 Å². The molecule has 0 radical (unpaired) electrons. The van der Waals surface area contributed by atoms with Crippen molar-refractivity contribution in [3.8, 4) is 11.4 Å². The molecule has 2 aromatic rings. The van der Waals surface area contributed by atoms with Crippen molar-refractivity contribution in [3.63, 3.8) is 0 Å². The van der Waals surface area contributed by atoms with Crippen LogP contribution in [0.25, 0.3) is 11.4 Å². The molecule has 28 heavy (non-hydrogen) atoms. The Hall–Kier alpha value is -3.49. The molecule has 2 rings (SSSR count). The maximum absolute atomic E-state index is 12.2. The molecule has 1 amide bonds. The van der Waals surface area contributed by atoms with E-state index in [0.717, 1.165) is 0 Å². The van der Waals surface area contributed by atoms with Crippen LogP contribution in [0.15, 0.2) is 36.7 Å². The third-order valence-corrected chi connectivity index (χ3v) is 3.27. The summed E-state index contributed by atoms with van der Waals surface area (Å²) in [4.78, 5) is 42.9. The number of carboxylic acids is 1. The first-order valence-electron chi connectivity index (χ1n) is 8.45. The lowest BCUT2D eigenvalue weighted by molar-refractivity contribution is 0.0433. The van der Waals surface area contributed by atoms with Crippen LogP contribution in [0.4, 0.5) is 4.79 Å². The Balaban J connectivity index is 1.94. The number of nitrogens with zero attached hydrogens (tertiary/aromatic N) is 2. The first-order chi connectivity index (χ1) is 13.2. The second-order valence-electron chi connectivity index (χ2n) is 6.73. The van der Waals surface area contributed by atoms with Gasteiger partial charge in [0, 0.05) is 12.4 Å². The van der Waals surface area contributed by atoms with Crippen LogP contribution in [0.1, 0.15) is 41.5 Å². The van der Waals surface area contributed by atoms with Crippen molar-refractivity contribution in [2.45, 2.75) is 26.4 Å². The minimum Gasteiger partial charge on any atom is -0.478 e. The fraction of sp³-hybridized carbons (Fsp3) is 0.316. The van der Waals surface area contributed by atoms with Crippen LogP contribution in [0, 0.1) is 0 Å². The van der Waals surface area contributed by atoms with E-state index in [0.29, 0.717) is 11.4 Å². The zero-order valence-corrected chi connectivity index (χ0v) is 15.8. The van der Waals surface area contributed by atoms with Crippen molar-refractivity contribution < 1.29 is 29.0 Å². The molecule has 0 saturated heterocycles. The van der Waals surface area contributed by atoms with Gasteiger partial charge in [0.25, 0.3) is 0 Å². The third kappa shape index (κ3) is 6.35. The van der Waals surface area contributed by atoms with E-state index in [-0.39, 0.29) is 24.3 Å². The largest absolute Gasteiger partial charge is 0.478 e. The first-order valence-corrected chi connectivity index (χ1v) is 8.45. The maximum atomic E-state index is 12.2. The number of carbonyl (C=O) groups is 3. The van der Waals surface area contributed by atoms with Crippen molar-refractivity contribution in [2.75, 3.05) is 13.2 Å². The third-order valence-electron chi connectivity index (χ3n) is 3.27. The summed E-state index contributed by atoms with van der Waals surface area (Å²) in [6.07, 6.45) is 2.16. The molecule has 0 atom stereocenters. The predicted molar refractivity (Wildman–Crippen MR) is 98.9 cm³/mol. The number of esters is 1. The number of amides is 1. The molecule has 0 saturated carbocycles. The van der Waals surface area contributed by atoms with Gasteiger partial charge < -0.3 is 19.9 Å². The van der Waals surface area contributed by atoms with Gasteiger partial charge in [-0.05, 0) is 45.0 Å². The lowest BCUT2D eigenvalue weighted by Crippen LogP contribution is -2.34. The Morgan fingerprint density at radius 2 is 1.61 bits per heavy atom. The molecule has 2 N–H and O–H groups in total. The highest BCUT2D eigenvalue weighted by Gasteiger charge is 2.16. The summed E-state index contributed by atoms with van der Waals surface area (Å²) in [5.41, 5.74) is 0.337. The predicted octanol–water partition coefficient (Wildman–Crippen LogP) is 2.52. The van der Waals surface area contributed by atoms with E-state index in [4.69, 9.17) is 14.6 Å². The number of aromatic nitrogens is 2. The van der Waals surface area contributed by atoms with E-state index in [9.17, 15) is 14.4 Å². The Morgan fingerprint density at radius 3 is 2.18 bits per heavy atom. The molecule has 148 valence electrons. The van der Waals surface area contributed by atoms with Crippen molar-refractivity contribution in [1.29, 1.82) is 0 Å². The van der Waals surface area contributed by atoms with Gasteiger partial charge in [-0.2, -0.15) is 0 Å². The summed E-state index contributed by atoms with van der Waals surface area (Å²) in [5, 5.41) is 11.5. The molecule has 0 aliphatic heterocycles. The monoisotopic (exact) mass is 387 g/mol. The zero-order chi connectivity index (χ0) is 20.7. The van der Waals surface area contributed by atoms with Gasteiger partial charge >= 0.3 is 18.0 Å². The first kappa shape index (κ1) is 20.8. The minimum absolute atomic E-state index is 0.0392. The van der Waals surface area contributed by atoms with Crippen LogP contribution in [0.3, 0.4) is 0 Å². The van der Waals surface area contributed by atoms with Gasteiger partial charge in [-0.3, -0.25) is 9.97 Å². The summed E-state index contributed by atoms with van der Waals surface area (Å²) in [5.74, 6) is -1.69. The normalized spacial score (nSPS) is 10.8. The number of aromatic carboxylic acids is 1. The molecule has 9 nitrogen and oxygen atoms in total. The minimum atomic E-state index is -1.09. The Kier molecular flexibility index (Phi) is 6.64. The number of rotatable bonds is 6. The second kappa shape index (κ2) is 8.94. The highest BCUT2D eigenvalue weighted by molar-refractivity contribution is 5.91. The fourth-order valence-electron chi connectivity index (χ4n) is 2.10. The van der Waals surface area contributed by atoms with Crippen LogP contribution in [0.5, 0.6) is 0 Å². The van der Waals surface area contributed by atoms with E-state index < -0.39 is 23.6 Å². The summed E-state index contributed by atoms with van der Waals surface area (Å²) in [6, 6.07) is 5.65. The molecule has 0 aromatic carbocycles. The van der Waals surface area contributed by atoms with Gasteiger partial charge in [0.1, 0.15) is 12.2 Å². The lowest BCUT2D eigenvalue weighted by Gasteiger charge is -2.19. The van der Waals surface area contributed by atoms with E-state index in [1.807, 2.05) is 0 Å². The van der Waals surface area contributed by atoms with Gasteiger partial charge in [0.15, 0.2) is 0 Å². The van der Waals surface area contributed by atoms with Gasteiger partial charge in [0.05, 0.1) is 29.1 Å². The van der Waals surface area contributed by atoms with E-state index >= 15 is 0 Å². The van der Waals surface area contributed by atoms with E-state index in [1.165, 1.54) is 36.7 Å². The zero-order valence-electron chi connectivity index (χ0n) is 15.8. The van der Waals surface area contributed by atoms with Gasteiger partial charge in [-0.1, -0.05) is 0 Å². The standard InChI is InChI=1S/C19H21N3O6/c1-19(2,3)28-18(26)22-8-9-27-17(25)13-5-7-21-15(11-13)14-10-12(16(23)24)4-6-20-14/h4-7,10-11H,8-9H2,1-3H3,(H,22,26)(H,23,24). The number of alkyl carbamates (subject to hydrolysis) is 1. The van der Waals surface area contributed by atoms with Crippen LogP contribution >= 0.6 is 0 Å². The van der Waals surface area contributed by atoms with Crippen molar-refractivity contribution in [2.24, 2.45) is 0 Å². The number of nitrogens with one attached hydrogen (secondary N) is 1. The van der Waals surface area contributed by atoms with E-state index in [2.05, 4.69) is 15.3 Å². The van der Waals surface area contributed by atoms with E-state index in [1.54, 1.807) is 20.8 Å². The molecule has 0 unspecified atom stereocenters. The molecule has 0 spiro atoms. The summed E-state index contributed by atoms with van der Waals surface area (Å²) >= 11 is 0. The van der Waals surface area contributed by atoms with Crippen LogP contribution in [-0.2, 0) is 9.47 Å². The summed E-state index contributed by atoms with van der Waals surface area (Å²) in [7, 11) is 0. The Bertz CT molecular complexity index is 876. The maximum Gasteiger partial charge on any atom is 0.407 e. The topological polar surface area (TPSA) is 128 Å². The fourth-order valence-corrected chi connectivity index (χ4v) is 2.10. The summed E-state index contributed by atoms with van der Waals surface area (Å²) in [6.45, 7) is 5.29. The smallest absolute Gasteiger partial charge is 0.407 e. The molecular formula is C19H21N3O6. The molecule has 0 bridgehead atoms. The molecule has 0 aliphatic rings. The SMILES string of the molecule is CC(C)(C)OC(=O)NCCOC(=O)c1ccnc(-c2cc(C(=O)O)ccn2)c1. The molecular weight excluding hydrogens is 366 g/mol. The molecule has 0 fully saturated rings. The number of hydrogen-bond acceptors (Lipinski definition) is 7. The van der Waals surface area contributed by atoms with Crippen LogP contribution < -0.4 is 5.32 Å². The van der Waals surface area contributed by atoms with Crippen molar-refractivity contribution >= 4 is 18.0 Å². The summed E-state index contributed by atoms with van der Waals surface area (Å²) < 4.78 is 10.2. The second-order valence-corrected chi connectivity index (χ2v) is 6.73. The van der Waals surface area contributed by atoms with Crippen LogP contribution in [0.2, 0.25) is 0 Å². The molecule has 2 aromatic heterocycles. The average molecular weight is 387 g/mol. The molecule has 2 heterocycles. The number of carboxylic acid groups (broad SMARTS) is 1. The lowest BCUT2D eigenvalue weighted by atomic mass is 10.1. The highest BCUT2D eigenvalue weighted by atomic mass is 16.6. The van der Waals surface area contributed by atoms with Gasteiger partial charge in [-0.25, -0.2) is 14.4 Å². The Labute approximate surface area is 161 Å². The number of hydrogen-bond donors (Lipinski definition) is 2. The molecule has 9 heteroatoms. The Morgan fingerprint density at radius 1 is 1.04 bits per heavy atom. The van der Waals surface area contributed by atoms with Gasteiger partial charge in [0.2, 0.25) is 0 Å².